The second-order valence-electron chi connectivity index (χ2n) is 6.61. The minimum atomic E-state index is 0.147. The quantitative estimate of drug-likeness (QED) is 0.832. The molecule has 1 atom stereocenters. The van der Waals surface area contributed by atoms with E-state index in [2.05, 4.69) is 48.5 Å². The number of H-pyrrole nitrogens is 1. The number of aromatic nitrogens is 2. The summed E-state index contributed by atoms with van der Waals surface area (Å²) in [5.74, 6) is 0.729. The molecule has 102 valence electrons. The number of likely N-dealkylation sites (tertiary alicyclic amines) is 1. The molecular weight excluding hydrogens is 242 g/mol. The van der Waals surface area contributed by atoms with Gasteiger partial charge in [0.1, 0.15) is 0 Å². The van der Waals surface area contributed by atoms with Crippen LogP contribution in [0.5, 0.6) is 0 Å². The third-order valence-electron chi connectivity index (χ3n) is 3.80. The number of piperidine rings is 1. The van der Waals surface area contributed by atoms with Crippen molar-refractivity contribution in [2.24, 2.45) is 5.92 Å². The summed E-state index contributed by atoms with van der Waals surface area (Å²) in [5, 5.41) is 0. The second kappa shape index (κ2) is 5.17. The first-order valence-corrected chi connectivity index (χ1v) is 7.26. The van der Waals surface area contributed by atoms with Crippen LogP contribution in [0.4, 0.5) is 0 Å². The van der Waals surface area contributed by atoms with Crippen molar-refractivity contribution in [2.75, 3.05) is 20.1 Å². The maximum Gasteiger partial charge on any atom is 0.177 e. The largest absolute Gasteiger partial charge is 0.337 e. The number of hydrogen-bond donors (Lipinski definition) is 1. The summed E-state index contributed by atoms with van der Waals surface area (Å²) in [4.78, 5) is 5.64. The van der Waals surface area contributed by atoms with Gasteiger partial charge in [0, 0.05) is 30.4 Å². The van der Waals surface area contributed by atoms with Gasteiger partial charge in [0.25, 0.3) is 0 Å². The maximum absolute atomic E-state index is 5.43. The van der Waals surface area contributed by atoms with Gasteiger partial charge in [0.15, 0.2) is 4.77 Å². The van der Waals surface area contributed by atoms with E-state index in [4.69, 9.17) is 12.2 Å². The molecule has 1 aromatic rings. The SMILES string of the molecule is CN1CCCC(Cn2c(C(C)(C)C)c[nH]c2=S)C1. The average Bonchev–Trinajstić information content (AvgIpc) is 2.60. The molecule has 2 heterocycles. The lowest BCUT2D eigenvalue weighted by atomic mass is 9.92. The van der Waals surface area contributed by atoms with Gasteiger partial charge in [-0.25, -0.2) is 0 Å². The van der Waals surface area contributed by atoms with Gasteiger partial charge in [0.05, 0.1) is 0 Å². The van der Waals surface area contributed by atoms with Crippen LogP contribution in [-0.2, 0) is 12.0 Å². The van der Waals surface area contributed by atoms with Crippen LogP contribution in [0, 0.1) is 10.7 Å². The van der Waals surface area contributed by atoms with Gasteiger partial charge in [-0.2, -0.15) is 0 Å². The van der Waals surface area contributed by atoms with E-state index in [-0.39, 0.29) is 5.41 Å². The van der Waals surface area contributed by atoms with Crippen molar-refractivity contribution < 1.29 is 0 Å². The van der Waals surface area contributed by atoms with E-state index in [0.717, 1.165) is 17.2 Å². The van der Waals surface area contributed by atoms with Gasteiger partial charge in [-0.3, -0.25) is 0 Å². The molecule has 0 aromatic carbocycles. The highest BCUT2D eigenvalue weighted by molar-refractivity contribution is 7.71. The summed E-state index contributed by atoms with van der Waals surface area (Å²) in [6.07, 6.45) is 4.71. The van der Waals surface area contributed by atoms with Crippen molar-refractivity contribution >= 4 is 12.2 Å². The summed E-state index contributed by atoms with van der Waals surface area (Å²) >= 11 is 5.43. The number of imidazole rings is 1. The normalized spacial score (nSPS) is 22.3. The monoisotopic (exact) mass is 267 g/mol. The van der Waals surface area contributed by atoms with E-state index in [0.29, 0.717) is 0 Å². The zero-order valence-electron chi connectivity index (χ0n) is 12.0. The third kappa shape index (κ3) is 3.04. The van der Waals surface area contributed by atoms with Crippen molar-refractivity contribution in [1.29, 1.82) is 0 Å². The predicted octanol–water partition coefficient (Wildman–Crippen LogP) is 3.18. The highest BCUT2D eigenvalue weighted by Crippen LogP contribution is 2.25. The number of aromatic amines is 1. The van der Waals surface area contributed by atoms with Crippen molar-refractivity contribution in [3.8, 4) is 0 Å². The zero-order chi connectivity index (χ0) is 13.3. The standard InChI is InChI=1S/C14H25N3S/c1-14(2,3)12-8-15-13(18)17(12)10-11-6-5-7-16(4)9-11/h8,11H,5-7,9-10H2,1-4H3,(H,15,18). The molecule has 1 N–H and O–H groups in total. The van der Waals surface area contributed by atoms with Gasteiger partial charge in [-0.15, -0.1) is 0 Å². The van der Waals surface area contributed by atoms with Gasteiger partial charge >= 0.3 is 0 Å². The molecule has 0 bridgehead atoms. The number of nitrogens with zero attached hydrogens (tertiary/aromatic N) is 2. The van der Waals surface area contributed by atoms with E-state index in [1.807, 2.05) is 0 Å². The molecule has 1 saturated heterocycles. The van der Waals surface area contributed by atoms with Crippen molar-refractivity contribution in [3.63, 3.8) is 0 Å². The summed E-state index contributed by atoms with van der Waals surface area (Å²) in [6.45, 7) is 10.2. The zero-order valence-corrected chi connectivity index (χ0v) is 12.8. The van der Waals surface area contributed by atoms with Crippen molar-refractivity contribution in [3.05, 3.63) is 16.7 Å². The Balaban J connectivity index is 2.18. The molecule has 0 radical (unpaired) electrons. The lowest BCUT2D eigenvalue weighted by Crippen LogP contribution is -2.34. The number of nitrogens with one attached hydrogen (secondary N) is 1. The molecule has 4 heteroatoms. The lowest BCUT2D eigenvalue weighted by molar-refractivity contribution is 0.192. The molecule has 0 spiro atoms. The Morgan fingerprint density at radius 1 is 1.44 bits per heavy atom. The summed E-state index contributed by atoms with van der Waals surface area (Å²) in [7, 11) is 2.22. The molecule has 0 amide bonds. The van der Waals surface area contributed by atoms with Gasteiger partial charge in [-0.1, -0.05) is 20.8 Å². The maximum atomic E-state index is 5.43. The van der Waals surface area contributed by atoms with E-state index in [1.165, 1.54) is 31.6 Å². The van der Waals surface area contributed by atoms with Crippen LogP contribution in [0.3, 0.4) is 0 Å². The van der Waals surface area contributed by atoms with Gasteiger partial charge in [0.2, 0.25) is 0 Å². The van der Waals surface area contributed by atoms with Gasteiger partial charge in [-0.05, 0) is 44.6 Å². The smallest absolute Gasteiger partial charge is 0.177 e. The van der Waals surface area contributed by atoms with Crippen LogP contribution in [-0.4, -0.2) is 34.6 Å². The Labute approximate surface area is 115 Å². The Morgan fingerprint density at radius 3 is 2.78 bits per heavy atom. The molecule has 1 fully saturated rings. The van der Waals surface area contributed by atoms with Crippen LogP contribution in [0.15, 0.2) is 6.20 Å². The van der Waals surface area contributed by atoms with E-state index in [1.54, 1.807) is 0 Å². The van der Waals surface area contributed by atoms with Crippen LogP contribution in [0.1, 0.15) is 39.3 Å². The Morgan fingerprint density at radius 2 is 2.17 bits per heavy atom. The summed E-state index contributed by atoms with van der Waals surface area (Å²) < 4.78 is 3.17. The van der Waals surface area contributed by atoms with E-state index < -0.39 is 0 Å². The Hall–Kier alpha value is -0.610. The molecule has 1 aliphatic heterocycles. The first kappa shape index (κ1) is 13.8. The van der Waals surface area contributed by atoms with Crippen LogP contribution in [0.25, 0.3) is 0 Å². The molecule has 0 aliphatic carbocycles. The molecule has 1 aromatic heterocycles. The molecule has 18 heavy (non-hydrogen) atoms. The lowest BCUT2D eigenvalue weighted by Gasteiger charge is -2.31. The number of hydrogen-bond acceptors (Lipinski definition) is 2. The highest BCUT2D eigenvalue weighted by Gasteiger charge is 2.23. The highest BCUT2D eigenvalue weighted by atomic mass is 32.1. The predicted molar refractivity (Wildman–Crippen MR) is 78.5 cm³/mol. The molecule has 2 rings (SSSR count). The topological polar surface area (TPSA) is 24.0 Å². The summed E-state index contributed by atoms with van der Waals surface area (Å²) in [5.41, 5.74) is 1.47. The molecule has 0 saturated carbocycles. The first-order valence-electron chi connectivity index (χ1n) is 6.85. The van der Waals surface area contributed by atoms with Crippen molar-refractivity contribution in [2.45, 2.75) is 45.6 Å². The van der Waals surface area contributed by atoms with Crippen LogP contribution >= 0.6 is 12.2 Å². The van der Waals surface area contributed by atoms with Crippen LogP contribution in [0.2, 0.25) is 0 Å². The fourth-order valence-corrected chi connectivity index (χ4v) is 3.11. The minimum Gasteiger partial charge on any atom is -0.337 e. The first-order chi connectivity index (χ1) is 8.38. The van der Waals surface area contributed by atoms with Crippen LogP contribution < -0.4 is 0 Å². The molecule has 1 aliphatic rings. The van der Waals surface area contributed by atoms with E-state index in [9.17, 15) is 0 Å². The Kier molecular flexibility index (Phi) is 3.97. The van der Waals surface area contributed by atoms with Crippen molar-refractivity contribution in [1.82, 2.24) is 14.5 Å². The summed E-state index contributed by atoms with van der Waals surface area (Å²) in [6, 6.07) is 0. The second-order valence-corrected chi connectivity index (χ2v) is 7.00. The fourth-order valence-electron chi connectivity index (χ4n) is 2.88. The average molecular weight is 267 g/mol. The van der Waals surface area contributed by atoms with Gasteiger partial charge < -0.3 is 14.5 Å². The van der Waals surface area contributed by atoms with E-state index >= 15 is 0 Å². The number of rotatable bonds is 2. The third-order valence-corrected chi connectivity index (χ3v) is 4.14. The fraction of sp³-hybridized carbons (Fsp3) is 0.786. The Bertz CT molecular complexity index is 452. The molecule has 1 unspecified atom stereocenters. The minimum absolute atomic E-state index is 0.147. The molecule has 3 nitrogen and oxygen atoms in total. The molecular formula is C14H25N3S.